The molecule has 21 heavy (non-hydrogen) atoms. The van der Waals surface area contributed by atoms with Crippen molar-refractivity contribution in [3.05, 3.63) is 24.3 Å². The summed E-state index contributed by atoms with van der Waals surface area (Å²) in [5, 5.41) is 18.2. The van der Waals surface area contributed by atoms with Crippen LogP contribution in [-0.4, -0.2) is 22.3 Å². The molecule has 1 atom stereocenters. The molecule has 0 fully saturated rings. The number of hydrogen-bond donors (Lipinski definition) is 2. The molecule has 0 aromatic heterocycles. The third-order valence-electron chi connectivity index (χ3n) is 3.54. The second-order valence-electron chi connectivity index (χ2n) is 5.62. The summed E-state index contributed by atoms with van der Waals surface area (Å²) >= 11 is 0. The summed E-state index contributed by atoms with van der Waals surface area (Å²) < 4.78 is 0. The Bertz CT molecular complexity index is 295. The smallest absolute Gasteiger partial charge is 0.328 e. The number of allylic oxidation sites excluding steroid dienone is 3. The van der Waals surface area contributed by atoms with Crippen molar-refractivity contribution in [3.63, 3.8) is 0 Å². The quantitative estimate of drug-likeness (QED) is 0.273. The van der Waals surface area contributed by atoms with Gasteiger partial charge in [0.1, 0.15) is 0 Å². The van der Waals surface area contributed by atoms with Gasteiger partial charge < -0.3 is 10.2 Å². The van der Waals surface area contributed by atoms with Gasteiger partial charge in [0.05, 0.1) is 6.10 Å². The van der Waals surface area contributed by atoms with Crippen molar-refractivity contribution in [3.8, 4) is 0 Å². The number of unbranched alkanes of at least 4 members (excludes halogenated alkanes) is 7. The summed E-state index contributed by atoms with van der Waals surface area (Å²) in [6.07, 6.45) is 18.7. The van der Waals surface area contributed by atoms with Crippen LogP contribution in [0, 0.1) is 0 Å². The maximum absolute atomic E-state index is 10.2. The van der Waals surface area contributed by atoms with Crippen LogP contribution in [-0.2, 0) is 4.79 Å². The highest BCUT2D eigenvalue weighted by atomic mass is 16.4. The zero-order chi connectivity index (χ0) is 15.8. The number of aliphatic hydroxyl groups excluding tert-OH is 1. The van der Waals surface area contributed by atoms with Crippen LogP contribution < -0.4 is 0 Å². The minimum absolute atomic E-state index is 0.177. The van der Waals surface area contributed by atoms with E-state index in [1.54, 1.807) is 6.08 Å². The second kappa shape index (κ2) is 15.3. The van der Waals surface area contributed by atoms with Crippen LogP contribution in [0.1, 0.15) is 77.6 Å². The average Bonchev–Trinajstić information content (AvgIpc) is 2.45. The van der Waals surface area contributed by atoms with Gasteiger partial charge >= 0.3 is 5.97 Å². The molecule has 0 aromatic rings. The molecule has 0 amide bonds. The molecule has 0 heterocycles. The van der Waals surface area contributed by atoms with Crippen molar-refractivity contribution in [2.24, 2.45) is 0 Å². The zero-order valence-electron chi connectivity index (χ0n) is 13.5. The number of aliphatic hydroxyl groups is 1. The Morgan fingerprint density at radius 1 is 0.952 bits per heavy atom. The average molecular weight is 296 g/mol. The molecule has 0 bridgehead atoms. The molecule has 122 valence electrons. The second-order valence-corrected chi connectivity index (χ2v) is 5.62. The molecule has 3 nitrogen and oxygen atoms in total. The number of hydrogen-bond acceptors (Lipinski definition) is 2. The predicted molar refractivity (Wildman–Crippen MR) is 88.4 cm³/mol. The van der Waals surface area contributed by atoms with Gasteiger partial charge in [0.25, 0.3) is 0 Å². The third kappa shape index (κ3) is 16.9. The molecule has 0 spiro atoms. The Morgan fingerprint density at radius 3 is 2.24 bits per heavy atom. The van der Waals surface area contributed by atoms with E-state index in [0.29, 0.717) is 0 Å². The summed E-state index contributed by atoms with van der Waals surface area (Å²) in [6, 6.07) is 0. The predicted octanol–water partition coefficient (Wildman–Crippen LogP) is 4.86. The number of rotatable bonds is 14. The van der Waals surface area contributed by atoms with Crippen molar-refractivity contribution in [2.45, 2.75) is 83.7 Å². The van der Waals surface area contributed by atoms with E-state index < -0.39 is 5.97 Å². The molecular formula is C18H32O3. The third-order valence-corrected chi connectivity index (χ3v) is 3.54. The van der Waals surface area contributed by atoms with E-state index in [1.807, 2.05) is 6.08 Å². The lowest BCUT2D eigenvalue weighted by Gasteiger charge is -2.09. The van der Waals surface area contributed by atoms with Crippen LogP contribution >= 0.6 is 0 Å². The van der Waals surface area contributed by atoms with E-state index in [4.69, 9.17) is 5.11 Å². The monoisotopic (exact) mass is 296 g/mol. The van der Waals surface area contributed by atoms with Crippen LogP contribution in [0.4, 0.5) is 0 Å². The highest BCUT2D eigenvalue weighted by molar-refractivity contribution is 5.80. The number of carbonyl (C=O) groups is 1. The van der Waals surface area contributed by atoms with Gasteiger partial charge in [-0.25, -0.2) is 4.79 Å². The molecule has 0 aromatic carbocycles. The molecule has 0 radical (unpaired) electrons. The SMILES string of the molecule is CCCCCCCCC[C@@H](O)CCC/C=C/C=C/C(=O)O. The van der Waals surface area contributed by atoms with Crippen molar-refractivity contribution in [2.75, 3.05) is 0 Å². The first-order valence-electron chi connectivity index (χ1n) is 8.41. The first kappa shape index (κ1) is 19.9. The molecule has 0 aliphatic heterocycles. The van der Waals surface area contributed by atoms with Gasteiger partial charge in [-0.1, -0.05) is 70.1 Å². The molecule has 0 rings (SSSR count). The van der Waals surface area contributed by atoms with Crippen LogP contribution in [0.25, 0.3) is 0 Å². The Balaban J connectivity index is 3.34. The van der Waals surface area contributed by atoms with Gasteiger partial charge in [0.2, 0.25) is 0 Å². The highest BCUT2D eigenvalue weighted by Crippen LogP contribution is 2.12. The van der Waals surface area contributed by atoms with E-state index >= 15 is 0 Å². The van der Waals surface area contributed by atoms with E-state index in [0.717, 1.165) is 38.2 Å². The fraction of sp³-hybridized carbons (Fsp3) is 0.722. The lowest BCUT2D eigenvalue weighted by Crippen LogP contribution is -2.05. The summed E-state index contributed by atoms with van der Waals surface area (Å²) in [7, 11) is 0. The summed E-state index contributed by atoms with van der Waals surface area (Å²) in [5.74, 6) is -0.926. The molecular weight excluding hydrogens is 264 g/mol. The Labute approximate surface area is 129 Å². The summed E-state index contributed by atoms with van der Waals surface area (Å²) in [4.78, 5) is 10.2. The lowest BCUT2D eigenvalue weighted by molar-refractivity contribution is -0.131. The molecule has 2 N–H and O–H groups in total. The lowest BCUT2D eigenvalue weighted by atomic mass is 10.0. The Kier molecular flexibility index (Phi) is 14.5. The van der Waals surface area contributed by atoms with Crippen LogP contribution in [0.2, 0.25) is 0 Å². The zero-order valence-corrected chi connectivity index (χ0v) is 13.5. The van der Waals surface area contributed by atoms with Crippen LogP contribution in [0.15, 0.2) is 24.3 Å². The fourth-order valence-corrected chi connectivity index (χ4v) is 2.27. The molecule has 0 unspecified atom stereocenters. The van der Waals surface area contributed by atoms with Gasteiger partial charge in [-0.3, -0.25) is 0 Å². The van der Waals surface area contributed by atoms with Crippen LogP contribution in [0.5, 0.6) is 0 Å². The maximum Gasteiger partial charge on any atom is 0.328 e. The largest absolute Gasteiger partial charge is 0.478 e. The molecule has 0 aliphatic carbocycles. The molecule has 3 heteroatoms. The van der Waals surface area contributed by atoms with E-state index in [9.17, 15) is 9.90 Å². The Morgan fingerprint density at radius 2 is 1.57 bits per heavy atom. The highest BCUT2D eigenvalue weighted by Gasteiger charge is 2.02. The summed E-state index contributed by atoms with van der Waals surface area (Å²) in [5.41, 5.74) is 0. The van der Waals surface area contributed by atoms with Crippen molar-refractivity contribution >= 4 is 5.97 Å². The molecule has 0 saturated heterocycles. The van der Waals surface area contributed by atoms with Crippen molar-refractivity contribution in [1.29, 1.82) is 0 Å². The maximum atomic E-state index is 10.2. The first-order chi connectivity index (χ1) is 10.2. The minimum Gasteiger partial charge on any atom is -0.478 e. The minimum atomic E-state index is -0.926. The van der Waals surface area contributed by atoms with Crippen LogP contribution in [0.3, 0.4) is 0 Å². The Hall–Kier alpha value is -1.09. The first-order valence-corrected chi connectivity index (χ1v) is 8.41. The molecule has 0 aliphatic rings. The van der Waals surface area contributed by atoms with Gasteiger partial charge in [-0.05, 0) is 25.7 Å². The van der Waals surface area contributed by atoms with Gasteiger partial charge in [0, 0.05) is 6.08 Å². The number of aliphatic carboxylic acids is 1. The van der Waals surface area contributed by atoms with Gasteiger partial charge in [-0.15, -0.1) is 0 Å². The van der Waals surface area contributed by atoms with Crippen molar-refractivity contribution < 1.29 is 15.0 Å². The topological polar surface area (TPSA) is 57.5 Å². The van der Waals surface area contributed by atoms with Crippen molar-refractivity contribution in [1.82, 2.24) is 0 Å². The number of carboxylic acids is 1. The van der Waals surface area contributed by atoms with E-state index in [1.165, 1.54) is 44.6 Å². The normalized spacial score (nSPS) is 13.2. The standard InChI is InChI=1S/C18H32O3/c1-2-3-4-5-6-8-11-14-17(19)15-12-9-7-10-13-16-18(20)21/h7,10,13,16-17,19H,2-6,8-9,11-12,14-15H2,1H3,(H,20,21)/b10-7+,16-13+/t17-/m1/s1. The van der Waals surface area contributed by atoms with E-state index in [-0.39, 0.29) is 6.10 Å². The van der Waals surface area contributed by atoms with Gasteiger partial charge in [-0.2, -0.15) is 0 Å². The molecule has 0 saturated carbocycles. The number of carboxylic acid groups (broad SMARTS) is 1. The van der Waals surface area contributed by atoms with Gasteiger partial charge in [0.15, 0.2) is 0 Å². The fourth-order valence-electron chi connectivity index (χ4n) is 2.27. The van der Waals surface area contributed by atoms with E-state index in [2.05, 4.69) is 6.92 Å². The summed E-state index contributed by atoms with van der Waals surface area (Å²) in [6.45, 7) is 2.23.